The molecule has 0 saturated carbocycles. The Labute approximate surface area is 143 Å². The number of rotatable bonds is 5. The van der Waals surface area contributed by atoms with Crippen LogP contribution >= 0.6 is 0 Å². The van der Waals surface area contributed by atoms with E-state index in [9.17, 15) is 9.59 Å². The van der Waals surface area contributed by atoms with E-state index in [1.807, 2.05) is 62.4 Å². The first-order valence-corrected chi connectivity index (χ1v) is 8.22. The van der Waals surface area contributed by atoms with Crippen molar-refractivity contribution in [1.82, 2.24) is 10.6 Å². The molecule has 2 amide bonds. The van der Waals surface area contributed by atoms with Gasteiger partial charge in [0.25, 0.3) is 0 Å². The van der Waals surface area contributed by atoms with E-state index in [1.165, 1.54) is 5.56 Å². The lowest BCUT2D eigenvalue weighted by Crippen LogP contribution is -2.40. The van der Waals surface area contributed by atoms with Crippen LogP contribution in [0.15, 0.2) is 48.5 Å². The van der Waals surface area contributed by atoms with Gasteiger partial charge < -0.3 is 10.6 Å². The molecule has 0 radical (unpaired) electrons. The second-order valence-corrected chi connectivity index (χ2v) is 5.96. The summed E-state index contributed by atoms with van der Waals surface area (Å²) in [6, 6.07) is 15.6. The van der Waals surface area contributed by atoms with Gasteiger partial charge in [0.1, 0.15) is 0 Å². The Morgan fingerprint density at radius 2 is 1.50 bits per heavy atom. The highest BCUT2D eigenvalue weighted by atomic mass is 16.2. The Morgan fingerprint density at radius 1 is 0.917 bits per heavy atom. The number of hydrogen-bond acceptors (Lipinski definition) is 2. The van der Waals surface area contributed by atoms with Crippen molar-refractivity contribution >= 4 is 11.8 Å². The average Bonchev–Trinajstić information content (AvgIpc) is 2.60. The van der Waals surface area contributed by atoms with Crippen molar-refractivity contribution in [3.63, 3.8) is 0 Å². The van der Waals surface area contributed by atoms with Gasteiger partial charge in [0.05, 0.1) is 6.04 Å². The molecule has 0 saturated heterocycles. The van der Waals surface area contributed by atoms with E-state index in [0.717, 1.165) is 23.1 Å². The molecule has 0 heterocycles. The van der Waals surface area contributed by atoms with Crippen molar-refractivity contribution in [2.24, 2.45) is 0 Å². The third-order valence-corrected chi connectivity index (χ3v) is 4.02. The highest BCUT2D eigenvalue weighted by Crippen LogP contribution is 2.13. The zero-order valence-electron chi connectivity index (χ0n) is 14.4. The third kappa shape index (κ3) is 4.95. The van der Waals surface area contributed by atoms with E-state index in [2.05, 4.69) is 17.6 Å². The number of carbonyl (C=O) groups excluding carboxylic acids is 2. The number of hydrogen-bond donors (Lipinski definition) is 2. The molecule has 0 aromatic heterocycles. The monoisotopic (exact) mass is 324 g/mol. The quantitative estimate of drug-likeness (QED) is 0.831. The Morgan fingerprint density at radius 3 is 2.08 bits per heavy atom. The standard InChI is InChI=1S/C20H24N2O2/c1-4-16-9-11-18(12-10-16)15(3)22-20(24)19(23)21-13-17-7-5-14(2)6-8-17/h5-12,15H,4,13H2,1-3H3,(H,21,23)(H,22,24). The third-order valence-electron chi connectivity index (χ3n) is 4.02. The molecule has 126 valence electrons. The number of carbonyl (C=O) groups is 2. The van der Waals surface area contributed by atoms with Crippen LogP contribution in [0, 0.1) is 6.92 Å². The van der Waals surface area contributed by atoms with Crippen LogP contribution in [0.4, 0.5) is 0 Å². The number of benzene rings is 2. The van der Waals surface area contributed by atoms with Gasteiger partial charge in [-0.2, -0.15) is 0 Å². The van der Waals surface area contributed by atoms with Gasteiger partial charge in [-0.05, 0) is 37.0 Å². The predicted molar refractivity (Wildman–Crippen MR) is 95.4 cm³/mol. The van der Waals surface area contributed by atoms with Crippen molar-refractivity contribution in [2.75, 3.05) is 0 Å². The summed E-state index contributed by atoms with van der Waals surface area (Å²) < 4.78 is 0. The van der Waals surface area contributed by atoms with E-state index < -0.39 is 11.8 Å². The van der Waals surface area contributed by atoms with Crippen LogP contribution in [0.2, 0.25) is 0 Å². The molecule has 2 rings (SSSR count). The van der Waals surface area contributed by atoms with Crippen LogP contribution in [-0.2, 0) is 22.6 Å². The maximum Gasteiger partial charge on any atom is 0.309 e. The molecular weight excluding hydrogens is 300 g/mol. The van der Waals surface area contributed by atoms with Gasteiger partial charge >= 0.3 is 11.8 Å². The zero-order chi connectivity index (χ0) is 17.5. The Bertz CT molecular complexity index is 691. The second-order valence-electron chi connectivity index (χ2n) is 5.96. The zero-order valence-corrected chi connectivity index (χ0v) is 14.4. The van der Waals surface area contributed by atoms with Crippen LogP contribution in [-0.4, -0.2) is 11.8 Å². The van der Waals surface area contributed by atoms with Crippen molar-refractivity contribution in [3.8, 4) is 0 Å². The van der Waals surface area contributed by atoms with Gasteiger partial charge in [-0.15, -0.1) is 0 Å². The first-order valence-electron chi connectivity index (χ1n) is 8.22. The summed E-state index contributed by atoms with van der Waals surface area (Å²) in [4.78, 5) is 23.9. The SMILES string of the molecule is CCc1ccc(C(C)NC(=O)C(=O)NCc2ccc(C)cc2)cc1. The largest absolute Gasteiger partial charge is 0.344 e. The fourth-order valence-electron chi connectivity index (χ4n) is 2.36. The molecule has 2 aromatic rings. The van der Waals surface area contributed by atoms with Gasteiger partial charge in [-0.3, -0.25) is 9.59 Å². The predicted octanol–water partition coefficient (Wildman–Crippen LogP) is 3.05. The van der Waals surface area contributed by atoms with Crippen LogP contribution in [0.5, 0.6) is 0 Å². The van der Waals surface area contributed by atoms with Crippen LogP contribution in [0.3, 0.4) is 0 Å². The summed E-state index contributed by atoms with van der Waals surface area (Å²) >= 11 is 0. The molecule has 24 heavy (non-hydrogen) atoms. The van der Waals surface area contributed by atoms with E-state index in [4.69, 9.17) is 0 Å². The molecule has 1 atom stereocenters. The highest BCUT2D eigenvalue weighted by Gasteiger charge is 2.16. The molecule has 0 spiro atoms. The van der Waals surface area contributed by atoms with Gasteiger partial charge in [0, 0.05) is 6.54 Å². The summed E-state index contributed by atoms with van der Waals surface area (Å²) in [7, 11) is 0. The molecule has 4 nitrogen and oxygen atoms in total. The Hall–Kier alpha value is -2.62. The van der Waals surface area contributed by atoms with Crippen LogP contribution in [0.25, 0.3) is 0 Å². The summed E-state index contributed by atoms with van der Waals surface area (Å²) in [5.41, 5.74) is 4.34. The summed E-state index contributed by atoms with van der Waals surface area (Å²) in [6.45, 7) is 6.31. The van der Waals surface area contributed by atoms with Gasteiger partial charge in [0.15, 0.2) is 0 Å². The minimum Gasteiger partial charge on any atom is -0.344 e. The van der Waals surface area contributed by atoms with Crippen molar-refractivity contribution in [2.45, 2.75) is 39.8 Å². The van der Waals surface area contributed by atoms with Crippen LogP contribution in [0.1, 0.15) is 42.1 Å². The maximum atomic E-state index is 12.0. The normalized spacial score (nSPS) is 11.6. The molecule has 0 aliphatic carbocycles. The molecular formula is C20H24N2O2. The number of amides is 2. The first-order chi connectivity index (χ1) is 11.5. The van der Waals surface area contributed by atoms with E-state index in [-0.39, 0.29) is 6.04 Å². The topological polar surface area (TPSA) is 58.2 Å². The molecule has 1 unspecified atom stereocenters. The summed E-state index contributed by atoms with van der Waals surface area (Å²) in [6.07, 6.45) is 0.975. The fraction of sp³-hybridized carbons (Fsp3) is 0.300. The molecule has 2 N–H and O–H groups in total. The van der Waals surface area contributed by atoms with Gasteiger partial charge in [-0.1, -0.05) is 61.0 Å². The highest BCUT2D eigenvalue weighted by molar-refractivity contribution is 6.35. The number of nitrogens with one attached hydrogen (secondary N) is 2. The minimum absolute atomic E-state index is 0.214. The smallest absolute Gasteiger partial charge is 0.309 e. The average molecular weight is 324 g/mol. The van der Waals surface area contributed by atoms with Crippen molar-refractivity contribution in [1.29, 1.82) is 0 Å². The summed E-state index contributed by atoms with van der Waals surface area (Å²) in [5.74, 6) is -1.23. The van der Waals surface area contributed by atoms with Gasteiger partial charge in [-0.25, -0.2) is 0 Å². The number of aryl methyl sites for hydroxylation is 2. The molecule has 0 bridgehead atoms. The van der Waals surface area contributed by atoms with E-state index >= 15 is 0 Å². The Kier molecular flexibility index (Phi) is 6.13. The molecule has 4 heteroatoms. The van der Waals surface area contributed by atoms with Crippen molar-refractivity contribution in [3.05, 3.63) is 70.8 Å². The minimum atomic E-state index is -0.618. The lowest BCUT2D eigenvalue weighted by Gasteiger charge is -2.14. The van der Waals surface area contributed by atoms with Crippen LogP contribution < -0.4 is 10.6 Å². The maximum absolute atomic E-state index is 12.0. The molecule has 2 aromatic carbocycles. The Balaban J connectivity index is 1.85. The van der Waals surface area contributed by atoms with E-state index in [1.54, 1.807) is 0 Å². The van der Waals surface area contributed by atoms with Crippen molar-refractivity contribution < 1.29 is 9.59 Å². The first kappa shape index (κ1) is 17.7. The molecule has 0 aliphatic heterocycles. The second kappa shape index (κ2) is 8.29. The van der Waals surface area contributed by atoms with E-state index in [0.29, 0.717) is 6.54 Å². The fourth-order valence-corrected chi connectivity index (χ4v) is 2.36. The lowest BCUT2D eigenvalue weighted by atomic mass is 10.1. The molecule has 0 aliphatic rings. The van der Waals surface area contributed by atoms with Gasteiger partial charge in [0.2, 0.25) is 0 Å². The molecule has 0 fully saturated rings. The summed E-state index contributed by atoms with van der Waals surface area (Å²) in [5, 5.41) is 5.37. The lowest BCUT2D eigenvalue weighted by molar-refractivity contribution is -0.139.